The first-order chi connectivity index (χ1) is 10.9. The van der Waals surface area contributed by atoms with Crippen molar-refractivity contribution in [3.63, 3.8) is 0 Å². The second kappa shape index (κ2) is 4.59. The zero-order valence-corrected chi connectivity index (χ0v) is 12.1. The summed E-state index contributed by atoms with van der Waals surface area (Å²) >= 11 is 0. The molecule has 0 radical (unpaired) electrons. The third-order valence-electron chi connectivity index (χ3n) is 4.82. The van der Waals surface area contributed by atoms with Crippen molar-refractivity contribution < 1.29 is 34.0 Å². The van der Waals surface area contributed by atoms with E-state index in [0.717, 1.165) is 6.26 Å². The summed E-state index contributed by atoms with van der Waals surface area (Å²) in [5, 5.41) is 20.9. The number of aromatic amines is 1. The third-order valence-corrected chi connectivity index (χ3v) is 4.82. The Morgan fingerprint density at radius 3 is 2.96 bits per heavy atom. The van der Waals surface area contributed by atoms with Crippen LogP contribution >= 0.6 is 0 Å². The summed E-state index contributed by atoms with van der Waals surface area (Å²) < 4.78 is 15.7. The van der Waals surface area contributed by atoms with Gasteiger partial charge < -0.3 is 29.4 Å². The molecule has 23 heavy (non-hydrogen) atoms. The largest absolute Gasteiger partial charge is 0.472 e. The number of hydrogen-bond acceptors (Lipinski definition) is 7. The maximum Gasteiger partial charge on any atom is 0.355 e. The smallest absolute Gasteiger partial charge is 0.355 e. The molecule has 122 valence electrons. The number of esters is 2. The summed E-state index contributed by atoms with van der Waals surface area (Å²) in [6.45, 7) is 1.44. The number of aromatic nitrogens is 1. The monoisotopic (exact) mass is 321 g/mol. The molecule has 8 nitrogen and oxygen atoms in total. The minimum absolute atomic E-state index is 0.215. The maximum absolute atomic E-state index is 12.2. The first kappa shape index (κ1) is 14.3. The minimum atomic E-state index is -1.61. The second-order valence-corrected chi connectivity index (χ2v) is 6.16. The molecule has 1 aromatic rings. The van der Waals surface area contributed by atoms with Gasteiger partial charge in [-0.25, -0.2) is 9.59 Å². The molecular weight excluding hydrogens is 306 g/mol. The van der Waals surface area contributed by atoms with E-state index in [1.54, 1.807) is 12.3 Å². The van der Waals surface area contributed by atoms with E-state index in [2.05, 4.69) is 4.98 Å². The average Bonchev–Trinajstić information content (AvgIpc) is 3.16. The Balaban J connectivity index is 1.69. The Morgan fingerprint density at radius 2 is 2.26 bits per heavy atom. The van der Waals surface area contributed by atoms with Gasteiger partial charge in [-0.2, -0.15) is 0 Å². The van der Waals surface area contributed by atoms with Crippen LogP contribution in [0.2, 0.25) is 0 Å². The molecule has 0 amide bonds. The normalized spacial score (nSPS) is 40.9. The second-order valence-electron chi connectivity index (χ2n) is 6.16. The summed E-state index contributed by atoms with van der Waals surface area (Å²) in [5.74, 6) is -2.68. The van der Waals surface area contributed by atoms with Crippen LogP contribution in [0.1, 0.15) is 17.4 Å². The highest BCUT2D eigenvalue weighted by molar-refractivity contribution is 5.92. The number of nitrogens with one attached hydrogen (secondary N) is 1. The number of carbonyl (C=O) groups is 2. The van der Waals surface area contributed by atoms with E-state index in [1.807, 2.05) is 0 Å². The number of hydrogen-bond donors (Lipinski definition) is 3. The van der Waals surface area contributed by atoms with Crippen LogP contribution < -0.4 is 0 Å². The van der Waals surface area contributed by atoms with Crippen molar-refractivity contribution in [1.29, 1.82) is 0 Å². The van der Waals surface area contributed by atoms with E-state index in [-0.39, 0.29) is 11.3 Å². The molecule has 2 aliphatic heterocycles. The lowest BCUT2D eigenvalue weighted by atomic mass is 9.81. The van der Waals surface area contributed by atoms with E-state index in [9.17, 15) is 19.8 Å². The van der Waals surface area contributed by atoms with Gasteiger partial charge in [-0.3, -0.25) is 0 Å². The summed E-state index contributed by atoms with van der Waals surface area (Å²) in [5.41, 5.74) is -1.16. The number of rotatable bonds is 2. The van der Waals surface area contributed by atoms with Gasteiger partial charge in [0, 0.05) is 12.1 Å². The Hall–Kier alpha value is -2.32. The molecule has 2 fully saturated rings. The van der Waals surface area contributed by atoms with Gasteiger partial charge >= 0.3 is 11.9 Å². The Kier molecular flexibility index (Phi) is 2.85. The molecule has 1 aromatic heterocycles. The van der Waals surface area contributed by atoms with Crippen molar-refractivity contribution in [2.45, 2.75) is 31.0 Å². The fourth-order valence-electron chi connectivity index (χ4n) is 3.75. The first-order valence-corrected chi connectivity index (χ1v) is 7.22. The van der Waals surface area contributed by atoms with Crippen molar-refractivity contribution >= 4 is 11.9 Å². The van der Waals surface area contributed by atoms with Crippen molar-refractivity contribution in [2.75, 3.05) is 0 Å². The predicted octanol–water partition coefficient (Wildman–Crippen LogP) is -0.305. The topological polar surface area (TPSA) is 118 Å². The molecule has 0 aromatic carbocycles. The Labute approximate surface area is 130 Å². The lowest BCUT2D eigenvalue weighted by molar-refractivity contribution is -0.182. The number of aliphatic hydroxyl groups is 2. The fourth-order valence-corrected chi connectivity index (χ4v) is 3.75. The highest BCUT2D eigenvalue weighted by atomic mass is 16.6. The number of aliphatic hydroxyl groups excluding tert-OH is 1. The van der Waals surface area contributed by atoms with Gasteiger partial charge in [0.15, 0.2) is 6.10 Å². The molecule has 1 unspecified atom stereocenters. The van der Waals surface area contributed by atoms with Gasteiger partial charge in [0.2, 0.25) is 6.29 Å². The molecule has 3 N–H and O–H groups in total. The van der Waals surface area contributed by atoms with Crippen LogP contribution in [0, 0.1) is 11.8 Å². The molecule has 4 rings (SSSR count). The fraction of sp³-hybridized carbons (Fsp3) is 0.467. The standard InChI is InChI=1S/C15H15NO7/c1-15(20)9-8-6(5-21-14(9)19)12(17)22-10(8)11(15)23-13(18)7-3-2-4-16-7/h2-5,8-11,14,16,19-20H,1H3/t8-,9-,10+,11+,14?,15-/m1/s1. The highest BCUT2D eigenvalue weighted by Gasteiger charge is 2.69. The van der Waals surface area contributed by atoms with E-state index in [0.29, 0.717) is 0 Å². The zero-order valence-electron chi connectivity index (χ0n) is 12.1. The van der Waals surface area contributed by atoms with Crippen molar-refractivity contribution in [3.8, 4) is 0 Å². The summed E-state index contributed by atoms with van der Waals surface area (Å²) in [4.78, 5) is 26.8. The third kappa shape index (κ3) is 1.85. The highest BCUT2D eigenvalue weighted by Crippen LogP contribution is 2.54. The van der Waals surface area contributed by atoms with Crippen LogP contribution in [0.15, 0.2) is 30.2 Å². The van der Waals surface area contributed by atoms with E-state index < -0.39 is 47.9 Å². The van der Waals surface area contributed by atoms with Crippen LogP contribution in [-0.4, -0.2) is 51.2 Å². The SMILES string of the molecule is C[C@]1(O)[C@@H](OC(=O)c2ccc[nH]2)[C@H]2OC(=O)C3=COC(O)[C@H]1[C@@H]32. The van der Waals surface area contributed by atoms with Crippen LogP contribution in [0.4, 0.5) is 0 Å². The number of H-pyrrole nitrogens is 1. The molecule has 1 saturated carbocycles. The molecular formula is C15H15NO7. The summed E-state index contributed by atoms with van der Waals surface area (Å²) in [6, 6.07) is 3.17. The number of carbonyl (C=O) groups excluding carboxylic acids is 2. The van der Waals surface area contributed by atoms with Gasteiger partial charge in [0.1, 0.15) is 17.4 Å². The molecule has 1 aliphatic carbocycles. The predicted molar refractivity (Wildman–Crippen MR) is 72.7 cm³/mol. The van der Waals surface area contributed by atoms with Gasteiger partial charge in [0.25, 0.3) is 0 Å². The average molecular weight is 321 g/mol. The summed E-state index contributed by atoms with van der Waals surface area (Å²) in [6.07, 6.45) is -0.563. The van der Waals surface area contributed by atoms with Crippen LogP contribution in [-0.2, 0) is 19.0 Å². The van der Waals surface area contributed by atoms with E-state index >= 15 is 0 Å². The lowest BCUT2D eigenvalue weighted by Crippen LogP contribution is -2.50. The lowest BCUT2D eigenvalue weighted by Gasteiger charge is -2.36. The van der Waals surface area contributed by atoms with Gasteiger partial charge in [-0.05, 0) is 19.1 Å². The Morgan fingerprint density at radius 1 is 1.48 bits per heavy atom. The van der Waals surface area contributed by atoms with Crippen LogP contribution in [0.3, 0.4) is 0 Å². The number of ether oxygens (including phenoxy) is 3. The van der Waals surface area contributed by atoms with Crippen molar-refractivity contribution in [3.05, 3.63) is 35.9 Å². The molecule has 8 heteroatoms. The zero-order chi connectivity index (χ0) is 16.4. The van der Waals surface area contributed by atoms with Gasteiger partial charge in [-0.1, -0.05) is 0 Å². The first-order valence-electron chi connectivity index (χ1n) is 7.22. The van der Waals surface area contributed by atoms with Gasteiger partial charge in [-0.15, -0.1) is 0 Å². The van der Waals surface area contributed by atoms with Crippen LogP contribution in [0.5, 0.6) is 0 Å². The molecule has 3 heterocycles. The maximum atomic E-state index is 12.2. The molecule has 0 bridgehead atoms. The molecule has 6 atom stereocenters. The van der Waals surface area contributed by atoms with Crippen molar-refractivity contribution in [1.82, 2.24) is 4.98 Å². The van der Waals surface area contributed by atoms with E-state index in [1.165, 1.54) is 13.0 Å². The van der Waals surface area contributed by atoms with Crippen molar-refractivity contribution in [2.24, 2.45) is 11.8 Å². The Bertz CT molecular complexity index is 693. The molecule has 0 spiro atoms. The molecule has 1 saturated heterocycles. The van der Waals surface area contributed by atoms with Crippen LogP contribution in [0.25, 0.3) is 0 Å². The summed E-state index contributed by atoms with van der Waals surface area (Å²) in [7, 11) is 0. The minimum Gasteiger partial charge on any atom is -0.472 e. The quantitative estimate of drug-likeness (QED) is 0.640. The van der Waals surface area contributed by atoms with Gasteiger partial charge in [0.05, 0.1) is 17.8 Å². The van der Waals surface area contributed by atoms with E-state index in [4.69, 9.17) is 14.2 Å². The molecule has 3 aliphatic rings.